The number of imidazole rings is 1. The molecule has 2 unspecified atom stereocenters. The summed E-state index contributed by atoms with van der Waals surface area (Å²) in [6.07, 6.45) is 3.82. The minimum atomic E-state index is -0.708. The second-order valence-corrected chi connectivity index (χ2v) is 6.70. The summed E-state index contributed by atoms with van der Waals surface area (Å²) in [5.41, 5.74) is 6.38. The minimum Gasteiger partial charge on any atom is -0.463 e. The zero-order chi connectivity index (χ0) is 19.0. The smallest absolute Gasteiger partial charge is 0.271 e. The third-order valence-electron chi connectivity index (χ3n) is 4.84. The van der Waals surface area contributed by atoms with Crippen molar-refractivity contribution < 1.29 is 14.0 Å². The summed E-state index contributed by atoms with van der Waals surface area (Å²) in [4.78, 5) is 32.9. The molecule has 2 amide bonds. The van der Waals surface area contributed by atoms with E-state index in [1.165, 1.54) is 12.6 Å². The van der Waals surface area contributed by atoms with Crippen LogP contribution in [0.4, 0.5) is 0 Å². The molecule has 3 aromatic heterocycles. The van der Waals surface area contributed by atoms with E-state index in [4.69, 9.17) is 10.2 Å². The Hall–Kier alpha value is -3.20. The van der Waals surface area contributed by atoms with E-state index in [0.717, 1.165) is 19.5 Å². The number of hydrogen-bond acceptors (Lipinski definition) is 6. The van der Waals surface area contributed by atoms with Gasteiger partial charge in [0, 0.05) is 6.04 Å². The van der Waals surface area contributed by atoms with E-state index in [0.29, 0.717) is 17.4 Å². The Morgan fingerprint density at radius 2 is 2.30 bits per heavy atom. The standard InChI is InChI=1S/C18H20N6O3/c1-10-8-20-5-4-11(10)23-18(26)12-7-13(14-3-2-6-27-14)24-9-21-15(16(19)25)17(24)22-12/h2-3,6-7,9-11,20H,4-5,8H2,1H3,(H2,19,25)(H,23,26). The maximum Gasteiger partial charge on any atom is 0.271 e. The number of piperidine rings is 1. The van der Waals surface area contributed by atoms with Crippen LogP contribution >= 0.6 is 0 Å². The van der Waals surface area contributed by atoms with Crippen LogP contribution in [0.5, 0.6) is 0 Å². The Morgan fingerprint density at radius 1 is 1.44 bits per heavy atom. The molecule has 9 heteroatoms. The third kappa shape index (κ3) is 3.17. The lowest BCUT2D eigenvalue weighted by Crippen LogP contribution is -2.48. The average Bonchev–Trinajstić information content (AvgIpc) is 3.32. The van der Waals surface area contributed by atoms with Gasteiger partial charge in [-0.3, -0.25) is 14.0 Å². The van der Waals surface area contributed by atoms with Crippen LogP contribution in [-0.2, 0) is 0 Å². The molecule has 140 valence electrons. The van der Waals surface area contributed by atoms with Crippen LogP contribution in [0.2, 0.25) is 0 Å². The highest BCUT2D eigenvalue weighted by molar-refractivity contribution is 5.99. The molecule has 1 aliphatic rings. The van der Waals surface area contributed by atoms with Gasteiger partial charge in [0.25, 0.3) is 11.8 Å². The fourth-order valence-corrected chi connectivity index (χ4v) is 3.35. The van der Waals surface area contributed by atoms with Crippen molar-refractivity contribution in [2.75, 3.05) is 13.1 Å². The van der Waals surface area contributed by atoms with E-state index in [1.807, 2.05) is 0 Å². The second kappa shape index (κ2) is 6.84. The number of carbonyl (C=O) groups is 2. The molecule has 0 radical (unpaired) electrons. The molecule has 4 rings (SSSR count). The molecule has 0 saturated carbocycles. The zero-order valence-electron chi connectivity index (χ0n) is 14.8. The molecule has 27 heavy (non-hydrogen) atoms. The number of nitrogens with two attached hydrogens (primary N) is 1. The summed E-state index contributed by atoms with van der Waals surface area (Å²) in [5.74, 6) is -0.173. The highest BCUT2D eigenvalue weighted by Gasteiger charge is 2.25. The summed E-state index contributed by atoms with van der Waals surface area (Å²) in [7, 11) is 0. The molecular formula is C18H20N6O3. The number of aromatic nitrogens is 3. The number of furan rings is 1. The van der Waals surface area contributed by atoms with Crippen molar-refractivity contribution in [3.63, 3.8) is 0 Å². The first kappa shape index (κ1) is 17.2. The first-order valence-corrected chi connectivity index (χ1v) is 8.78. The Labute approximate surface area is 155 Å². The molecule has 0 spiro atoms. The Kier molecular flexibility index (Phi) is 4.36. The van der Waals surface area contributed by atoms with Gasteiger partial charge < -0.3 is 20.8 Å². The lowest BCUT2D eigenvalue weighted by Gasteiger charge is -2.30. The van der Waals surface area contributed by atoms with Gasteiger partial charge in [-0.2, -0.15) is 0 Å². The largest absolute Gasteiger partial charge is 0.463 e. The van der Waals surface area contributed by atoms with E-state index in [2.05, 4.69) is 27.5 Å². The average molecular weight is 368 g/mol. The van der Waals surface area contributed by atoms with Crippen LogP contribution in [0.3, 0.4) is 0 Å². The predicted molar refractivity (Wildman–Crippen MR) is 97.1 cm³/mol. The van der Waals surface area contributed by atoms with Gasteiger partial charge in [0.15, 0.2) is 17.1 Å². The lowest BCUT2D eigenvalue weighted by atomic mass is 9.95. The molecule has 0 bridgehead atoms. The third-order valence-corrected chi connectivity index (χ3v) is 4.84. The number of fused-ring (bicyclic) bond motifs is 1. The highest BCUT2D eigenvalue weighted by Crippen LogP contribution is 2.23. The SMILES string of the molecule is CC1CNCCC1NC(=O)c1cc(-c2ccco2)n2cnc(C(N)=O)c2n1. The van der Waals surface area contributed by atoms with Crippen LogP contribution in [0.25, 0.3) is 17.1 Å². The lowest BCUT2D eigenvalue weighted by molar-refractivity contribution is 0.0908. The van der Waals surface area contributed by atoms with E-state index in [-0.39, 0.29) is 29.0 Å². The van der Waals surface area contributed by atoms with E-state index in [1.54, 1.807) is 22.6 Å². The molecule has 9 nitrogen and oxygen atoms in total. The summed E-state index contributed by atoms with van der Waals surface area (Å²) in [6.45, 7) is 3.79. The number of nitrogens with one attached hydrogen (secondary N) is 2. The predicted octanol–water partition coefficient (Wildman–Crippen LogP) is 0.816. The van der Waals surface area contributed by atoms with Crippen molar-refractivity contribution in [2.24, 2.45) is 11.7 Å². The van der Waals surface area contributed by atoms with Gasteiger partial charge in [0.2, 0.25) is 0 Å². The summed E-state index contributed by atoms with van der Waals surface area (Å²) in [5, 5.41) is 6.35. The van der Waals surface area contributed by atoms with Gasteiger partial charge in [-0.05, 0) is 43.6 Å². The summed E-state index contributed by atoms with van der Waals surface area (Å²) >= 11 is 0. The van der Waals surface area contributed by atoms with Crippen molar-refractivity contribution in [1.29, 1.82) is 0 Å². The second-order valence-electron chi connectivity index (χ2n) is 6.70. The maximum atomic E-state index is 12.9. The number of primary amides is 1. The van der Waals surface area contributed by atoms with Gasteiger partial charge in [-0.25, -0.2) is 9.97 Å². The Morgan fingerprint density at radius 3 is 3.00 bits per heavy atom. The topological polar surface area (TPSA) is 128 Å². The molecule has 3 aromatic rings. The molecular weight excluding hydrogens is 348 g/mol. The van der Waals surface area contributed by atoms with Crippen LogP contribution in [0.1, 0.15) is 34.3 Å². The molecule has 1 saturated heterocycles. The first-order valence-electron chi connectivity index (χ1n) is 8.78. The van der Waals surface area contributed by atoms with Crippen LogP contribution in [-0.4, -0.2) is 45.3 Å². The molecule has 1 aliphatic heterocycles. The van der Waals surface area contributed by atoms with Gasteiger partial charge in [0.05, 0.1) is 12.0 Å². The van der Waals surface area contributed by atoms with Crippen LogP contribution < -0.4 is 16.4 Å². The number of nitrogens with zero attached hydrogens (tertiary/aromatic N) is 3. The van der Waals surface area contributed by atoms with Crippen LogP contribution in [0.15, 0.2) is 35.2 Å². The molecule has 0 aliphatic carbocycles. The molecule has 1 fully saturated rings. The minimum absolute atomic E-state index is 0.00712. The van der Waals surface area contributed by atoms with Gasteiger partial charge in [0.1, 0.15) is 12.0 Å². The Bertz CT molecular complexity index is 994. The van der Waals surface area contributed by atoms with Gasteiger partial charge in [-0.15, -0.1) is 0 Å². The maximum absolute atomic E-state index is 12.9. The van der Waals surface area contributed by atoms with Crippen molar-refractivity contribution in [1.82, 2.24) is 25.0 Å². The van der Waals surface area contributed by atoms with Crippen molar-refractivity contribution in [3.8, 4) is 11.5 Å². The van der Waals surface area contributed by atoms with Crippen molar-refractivity contribution >= 4 is 17.5 Å². The van der Waals surface area contributed by atoms with Gasteiger partial charge in [-0.1, -0.05) is 6.92 Å². The molecule has 2 atom stereocenters. The Balaban J connectivity index is 1.77. The summed E-state index contributed by atoms with van der Waals surface area (Å²) < 4.78 is 7.05. The monoisotopic (exact) mass is 368 g/mol. The van der Waals surface area contributed by atoms with Crippen LogP contribution in [0, 0.1) is 5.92 Å². The highest BCUT2D eigenvalue weighted by atomic mass is 16.3. The van der Waals surface area contributed by atoms with E-state index in [9.17, 15) is 9.59 Å². The van der Waals surface area contributed by atoms with Gasteiger partial charge >= 0.3 is 0 Å². The van der Waals surface area contributed by atoms with E-state index < -0.39 is 5.91 Å². The zero-order valence-corrected chi connectivity index (χ0v) is 14.8. The number of hydrogen-bond donors (Lipinski definition) is 3. The fraction of sp³-hybridized carbons (Fsp3) is 0.333. The molecule has 4 heterocycles. The molecule has 4 N–H and O–H groups in total. The van der Waals surface area contributed by atoms with E-state index >= 15 is 0 Å². The summed E-state index contributed by atoms with van der Waals surface area (Å²) in [6, 6.07) is 5.18. The normalized spacial score (nSPS) is 19.9. The number of rotatable bonds is 4. The number of amides is 2. The quantitative estimate of drug-likeness (QED) is 0.625. The molecule has 0 aromatic carbocycles. The fourth-order valence-electron chi connectivity index (χ4n) is 3.35. The van der Waals surface area contributed by atoms with Crippen molar-refractivity contribution in [2.45, 2.75) is 19.4 Å². The first-order chi connectivity index (χ1) is 13.0. The van der Waals surface area contributed by atoms with Crippen molar-refractivity contribution in [3.05, 3.63) is 42.2 Å². The number of carbonyl (C=O) groups excluding carboxylic acids is 2.